The molecule has 48 heavy (non-hydrogen) atoms. The zero-order valence-corrected chi connectivity index (χ0v) is 24.5. The number of hydrogen-bond donors (Lipinski definition) is 2. The van der Waals surface area contributed by atoms with Gasteiger partial charge in [0.2, 0.25) is 5.91 Å². The molecule has 22 heteroatoms. The summed E-state index contributed by atoms with van der Waals surface area (Å²) in [6.45, 7) is -1.78. The Morgan fingerprint density at radius 1 is 0.833 bits per heavy atom. The molecule has 2 rings (SSSR count). The lowest BCUT2D eigenvalue weighted by Crippen LogP contribution is -2.70. The van der Waals surface area contributed by atoms with Gasteiger partial charge in [0.25, 0.3) is 0 Å². The van der Waals surface area contributed by atoms with Crippen molar-refractivity contribution in [1.82, 2.24) is 5.32 Å². The number of esters is 1. The molecule has 0 radical (unpaired) electrons. The highest BCUT2D eigenvalue weighted by Crippen LogP contribution is 2.60. The van der Waals surface area contributed by atoms with Crippen LogP contribution in [0.4, 0.5) is 57.1 Å². The summed E-state index contributed by atoms with van der Waals surface area (Å²) in [5.41, 5.74) is 0.608. The fourth-order valence-corrected chi connectivity index (χ4v) is 4.11. The minimum absolute atomic E-state index is 0.140. The minimum atomic E-state index is -8.01. The first-order valence-corrected chi connectivity index (χ1v) is 13.4. The molecule has 1 saturated heterocycles. The van der Waals surface area contributed by atoms with Crippen LogP contribution in [0.3, 0.4) is 0 Å². The third-order valence-electron chi connectivity index (χ3n) is 6.61. The zero-order valence-electron chi connectivity index (χ0n) is 24.5. The molecule has 1 aromatic rings. The van der Waals surface area contributed by atoms with Crippen LogP contribution < -0.4 is 5.32 Å². The van der Waals surface area contributed by atoms with Gasteiger partial charge in [-0.05, 0) is 5.56 Å². The molecular formula is C26H28F13NO8. The summed E-state index contributed by atoms with van der Waals surface area (Å²) in [5, 5.41) is 13.1. The SMILES string of the molecule is CC(=O)N[C@@H]1[C@@H](OCc2ccccc2)O[C@H](COCOCCC(F)(F)C(F)(F)C(F)(F)C(F)(F)C(F)(F)C(F)(F)F)[C@@H](O)[C@@H]1OC(C)=O. The number of nitrogens with one attached hydrogen (secondary N) is 1. The molecular weight excluding hydrogens is 701 g/mol. The Kier molecular flexibility index (Phi) is 13.1. The van der Waals surface area contributed by atoms with Crippen molar-refractivity contribution in [2.75, 3.05) is 20.0 Å². The van der Waals surface area contributed by atoms with Gasteiger partial charge < -0.3 is 34.1 Å². The second-order valence-electron chi connectivity index (χ2n) is 10.3. The predicted molar refractivity (Wildman–Crippen MR) is 131 cm³/mol. The number of amides is 1. The van der Waals surface area contributed by atoms with E-state index < -0.39 is 105 Å². The number of aliphatic hydroxyl groups is 1. The summed E-state index contributed by atoms with van der Waals surface area (Å²) >= 11 is 0. The number of hydrogen-bond acceptors (Lipinski definition) is 8. The number of aliphatic hydroxyl groups excluding tert-OH is 1. The summed E-state index contributed by atoms with van der Waals surface area (Å²) in [5.74, 6) is -39.1. The number of halogens is 13. The molecule has 1 amide bonds. The van der Waals surface area contributed by atoms with Gasteiger partial charge in [0.15, 0.2) is 12.4 Å². The van der Waals surface area contributed by atoms with Crippen molar-refractivity contribution in [3.8, 4) is 0 Å². The predicted octanol–water partition coefficient (Wildman–Crippen LogP) is 4.85. The quantitative estimate of drug-likeness (QED) is 0.108. The number of ether oxygens (including phenoxy) is 5. The average molecular weight is 729 g/mol. The van der Waals surface area contributed by atoms with Crippen molar-refractivity contribution >= 4 is 11.9 Å². The van der Waals surface area contributed by atoms with Gasteiger partial charge in [-0.15, -0.1) is 0 Å². The van der Waals surface area contributed by atoms with Crippen molar-refractivity contribution < 1.29 is 95.5 Å². The van der Waals surface area contributed by atoms with E-state index in [4.69, 9.17) is 18.9 Å². The minimum Gasteiger partial charge on any atom is -0.457 e. The van der Waals surface area contributed by atoms with Crippen LogP contribution in [0.15, 0.2) is 30.3 Å². The normalized spacial score (nSPS) is 23.1. The Hall–Kier alpha value is -2.95. The van der Waals surface area contributed by atoms with Crippen molar-refractivity contribution in [1.29, 1.82) is 0 Å². The Labute approximate surface area is 262 Å². The third-order valence-corrected chi connectivity index (χ3v) is 6.61. The Balaban J connectivity index is 2.07. The van der Waals surface area contributed by atoms with E-state index in [2.05, 4.69) is 10.1 Å². The Morgan fingerprint density at radius 2 is 1.40 bits per heavy atom. The molecule has 0 saturated carbocycles. The highest BCUT2D eigenvalue weighted by Gasteiger charge is 2.90. The Morgan fingerprint density at radius 3 is 1.92 bits per heavy atom. The van der Waals surface area contributed by atoms with Gasteiger partial charge >= 0.3 is 41.8 Å². The van der Waals surface area contributed by atoms with Gasteiger partial charge in [-0.1, -0.05) is 30.3 Å². The molecule has 0 aromatic heterocycles. The lowest BCUT2D eigenvalue weighted by atomic mass is 9.93. The van der Waals surface area contributed by atoms with Crippen LogP contribution >= 0.6 is 0 Å². The molecule has 2 N–H and O–H groups in total. The second-order valence-corrected chi connectivity index (χ2v) is 10.3. The molecule has 5 atom stereocenters. The molecule has 1 aromatic carbocycles. The van der Waals surface area contributed by atoms with E-state index in [1.807, 2.05) is 0 Å². The van der Waals surface area contributed by atoms with Gasteiger partial charge in [0, 0.05) is 20.3 Å². The van der Waals surface area contributed by atoms with E-state index in [0.717, 1.165) is 13.8 Å². The summed E-state index contributed by atoms with van der Waals surface area (Å²) in [7, 11) is 0. The first kappa shape index (κ1) is 41.2. The van der Waals surface area contributed by atoms with E-state index in [1.165, 1.54) is 0 Å². The molecule has 1 heterocycles. The number of benzene rings is 1. The molecule has 1 aliphatic heterocycles. The van der Waals surface area contributed by atoms with Crippen LogP contribution in [0.1, 0.15) is 25.8 Å². The second kappa shape index (κ2) is 15.3. The third kappa shape index (κ3) is 8.79. The van der Waals surface area contributed by atoms with Crippen molar-refractivity contribution in [3.63, 3.8) is 0 Å². The molecule has 9 nitrogen and oxygen atoms in total. The van der Waals surface area contributed by atoms with Crippen molar-refractivity contribution in [3.05, 3.63) is 35.9 Å². The van der Waals surface area contributed by atoms with Gasteiger partial charge in [-0.3, -0.25) is 9.59 Å². The molecule has 1 aliphatic rings. The van der Waals surface area contributed by atoms with Crippen LogP contribution in [0, 0.1) is 0 Å². The van der Waals surface area contributed by atoms with E-state index in [-0.39, 0.29) is 6.61 Å². The largest absolute Gasteiger partial charge is 0.460 e. The summed E-state index contributed by atoms with van der Waals surface area (Å²) < 4.78 is 198. The topological polar surface area (TPSA) is 113 Å². The highest BCUT2D eigenvalue weighted by molar-refractivity contribution is 5.73. The fourth-order valence-electron chi connectivity index (χ4n) is 4.11. The molecule has 1 fully saturated rings. The monoisotopic (exact) mass is 729 g/mol. The zero-order chi connectivity index (χ0) is 36.9. The van der Waals surface area contributed by atoms with Crippen LogP contribution in [0.25, 0.3) is 0 Å². The molecule has 0 aliphatic carbocycles. The maximum atomic E-state index is 13.9. The number of carbonyl (C=O) groups is 2. The first-order chi connectivity index (χ1) is 21.8. The molecule has 0 bridgehead atoms. The number of rotatable bonds is 16. The first-order valence-electron chi connectivity index (χ1n) is 13.4. The van der Waals surface area contributed by atoms with Gasteiger partial charge in [-0.2, -0.15) is 57.1 Å². The van der Waals surface area contributed by atoms with Crippen molar-refractivity contribution in [2.24, 2.45) is 0 Å². The summed E-state index contributed by atoms with van der Waals surface area (Å²) in [4.78, 5) is 23.5. The van der Waals surface area contributed by atoms with Gasteiger partial charge in [0.1, 0.15) is 25.0 Å². The fraction of sp³-hybridized carbons (Fsp3) is 0.692. The van der Waals surface area contributed by atoms with Crippen LogP contribution in [0.2, 0.25) is 0 Å². The maximum absolute atomic E-state index is 13.9. The maximum Gasteiger partial charge on any atom is 0.460 e. The van der Waals surface area contributed by atoms with Gasteiger partial charge in [-0.25, -0.2) is 0 Å². The molecule has 0 spiro atoms. The number of carbonyl (C=O) groups excluding carboxylic acids is 2. The lowest BCUT2D eigenvalue weighted by molar-refractivity contribution is -0.440. The van der Waals surface area contributed by atoms with E-state index in [0.29, 0.717) is 5.56 Å². The average Bonchev–Trinajstić information content (AvgIpc) is 2.96. The van der Waals surface area contributed by atoms with Crippen LogP contribution in [0.5, 0.6) is 0 Å². The smallest absolute Gasteiger partial charge is 0.457 e. The van der Waals surface area contributed by atoms with Gasteiger partial charge in [0.05, 0.1) is 19.8 Å². The summed E-state index contributed by atoms with van der Waals surface area (Å²) in [6, 6.07) is 7.02. The summed E-state index contributed by atoms with van der Waals surface area (Å²) in [6.07, 6.45) is -16.4. The molecule has 0 unspecified atom stereocenters. The van der Waals surface area contributed by atoms with E-state index >= 15 is 0 Å². The lowest BCUT2D eigenvalue weighted by Gasteiger charge is -2.43. The standard InChI is InChI=1S/C26H28F13NO8/c1-13(41)40-17-19(47-14(2)42)18(43)16(48-20(17)46-10-15-6-4-3-5-7-15)11-45-12-44-9-8-21(27,28)22(29,30)23(31,32)24(33,34)25(35,36)26(37,38)39/h3-7,16-20,43H,8-12H2,1-2H3,(H,40,41)/t16-,17+,18-,19-,20+/m1/s1. The molecule has 276 valence electrons. The Bertz CT molecular complexity index is 1220. The van der Waals surface area contributed by atoms with Crippen LogP contribution in [-0.4, -0.2) is 103 Å². The highest BCUT2D eigenvalue weighted by atomic mass is 19.4. The number of alkyl halides is 13. The van der Waals surface area contributed by atoms with Crippen LogP contribution in [-0.2, 0) is 39.9 Å². The van der Waals surface area contributed by atoms with E-state index in [1.54, 1.807) is 30.3 Å². The van der Waals surface area contributed by atoms with Crippen molar-refractivity contribution in [2.45, 2.75) is 93.3 Å². The van der Waals surface area contributed by atoms with E-state index in [9.17, 15) is 71.8 Å².